The standard InChI is InChI=1S/C21H22N4O3/c1-3-4-13-28-21(27)25-20(26)24-18-8-6-5-7-17(18)22-19(24)14-23(25)16-11-9-15(2)10-12-16/h5-12H,3-4,13-14H2,1-2H3. The lowest BCUT2D eigenvalue weighted by atomic mass is 10.2. The molecule has 1 aromatic heterocycles. The lowest BCUT2D eigenvalue weighted by molar-refractivity contribution is 0.101. The number of hydrazine groups is 1. The molecule has 0 saturated carbocycles. The number of aromatic nitrogens is 2. The molecule has 4 rings (SSSR count). The van der Waals surface area contributed by atoms with Crippen LogP contribution in [0.15, 0.2) is 48.5 Å². The number of nitrogens with zero attached hydrogens (tertiary/aromatic N) is 4. The molecule has 0 fully saturated rings. The Morgan fingerprint density at radius 2 is 1.89 bits per heavy atom. The van der Waals surface area contributed by atoms with Gasteiger partial charge in [-0.2, -0.15) is 0 Å². The maximum atomic E-state index is 13.3. The molecular weight excluding hydrogens is 356 g/mol. The average Bonchev–Trinajstić information content (AvgIpc) is 3.07. The number of carbonyl (C=O) groups is 2. The predicted octanol–water partition coefficient (Wildman–Crippen LogP) is 4.49. The van der Waals surface area contributed by atoms with Crippen LogP contribution in [0.2, 0.25) is 0 Å². The third kappa shape index (κ3) is 3.09. The van der Waals surface area contributed by atoms with Crippen molar-refractivity contribution in [2.24, 2.45) is 0 Å². The van der Waals surface area contributed by atoms with E-state index in [4.69, 9.17) is 4.74 Å². The molecule has 28 heavy (non-hydrogen) atoms. The van der Waals surface area contributed by atoms with Crippen molar-refractivity contribution in [3.05, 3.63) is 59.9 Å². The molecule has 0 saturated heterocycles. The van der Waals surface area contributed by atoms with E-state index >= 15 is 0 Å². The van der Waals surface area contributed by atoms with Crippen molar-refractivity contribution < 1.29 is 14.3 Å². The second-order valence-corrected chi connectivity index (χ2v) is 6.81. The van der Waals surface area contributed by atoms with Crippen LogP contribution in [0.3, 0.4) is 0 Å². The zero-order valence-corrected chi connectivity index (χ0v) is 16.0. The highest BCUT2D eigenvalue weighted by Crippen LogP contribution is 2.28. The number of ether oxygens (including phenoxy) is 1. The first-order valence-corrected chi connectivity index (χ1v) is 9.42. The Labute approximate surface area is 163 Å². The highest BCUT2D eigenvalue weighted by Gasteiger charge is 2.38. The predicted molar refractivity (Wildman–Crippen MR) is 106 cm³/mol. The van der Waals surface area contributed by atoms with E-state index in [2.05, 4.69) is 4.98 Å². The first-order valence-electron chi connectivity index (χ1n) is 9.42. The van der Waals surface area contributed by atoms with Gasteiger partial charge in [0, 0.05) is 0 Å². The molecule has 2 heterocycles. The molecule has 3 aromatic rings. The smallest absolute Gasteiger partial charge is 0.437 e. The highest BCUT2D eigenvalue weighted by molar-refractivity contribution is 6.00. The van der Waals surface area contributed by atoms with Gasteiger partial charge in [0.2, 0.25) is 0 Å². The Balaban J connectivity index is 1.77. The zero-order chi connectivity index (χ0) is 19.7. The third-order valence-electron chi connectivity index (χ3n) is 4.76. The monoisotopic (exact) mass is 378 g/mol. The van der Waals surface area contributed by atoms with E-state index in [0.29, 0.717) is 11.3 Å². The van der Waals surface area contributed by atoms with E-state index < -0.39 is 12.1 Å². The van der Waals surface area contributed by atoms with Crippen molar-refractivity contribution in [1.82, 2.24) is 14.6 Å². The van der Waals surface area contributed by atoms with Crippen molar-refractivity contribution in [3.63, 3.8) is 0 Å². The second-order valence-electron chi connectivity index (χ2n) is 6.81. The maximum Gasteiger partial charge on any atom is 0.437 e. The van der Waals surface area contributed by atoms with Gasteiger partial charge in [-0.1, -0.05) is 43.2 Å². The molecule has 144 valence electrons. The molecule has 2 aromatic carbocycles. The highest BCUT2D eigenvalue weighted by atomic mass is 16.6. The Bertz CT molecular complexity index is 1030. The molecule has 1 aliphatic rings. The van der Waals surface area contributed by atoms with Gasteiger partial charge in [0.1, 0.15) is 5.82 Å². The van der Waals surface area contributed by atoms with Crippen LogP contribution in [0.5, 0.6) is 0 Å². The second kappa shape index (κ2) is 7.34. The number of anilines is 1. The van der Waals surface area contributed by atoms with Gasteiger partial charge in [-0.15, -0.1) is 5.01 Å². The number of carbonyl (C=O) groups excluding carboxylic acids is 2. The lowest BCUT2D eigenvalue weighted by Crippen LogP contribution is -2.55. The van der Waals surface area contributed by atoms with Gasteiger partial charge in [-0.3, -0.25) is 5.01 Å². The Hall–Kier alpha value is -3.35. The number of aryl methyl sites for hydroxylation is 1. The van der Waals surface area contributed by atoms with E-state index in [-0.39, 0.29) is 13.2 Å². The number of para-hydroxylation sites is 2. The fourth-order valence-corrected chi connectivity index (χ4v) is 3.26. The topological polar surface area (TPSA) is 67.7 Å². The first kappa shape index (κ1) is 18.0. The molecule has 0 unspecified atom stereocenters. The van der Waals surface area contributed by atoms with E-state index in [1.54, 1.807) is 5.01 Å². The minimum absolute atomic E-state index is 0.276. The summed E-state index contributed by atoms with van der Waals surface area (Å²) >= 11 is 0. The summed E-state index contributed by atoms with van der Waals surface area (Å²) in [7, 11) is 0. The third-order valence-corrected chi connectivity index (χ3v) is 4.76. The van der Waals surface area contributed by atoms with Crippen LogP contribution < -0.4 is 5.01 Å². The van der Waals surface area contributed by atoms with Crippen LogP contribution in [0, 0.1) is 6.92 Å². The number of unbranched alkanes of at least 4 members (excludes halogenated alkanes) is 1. The van der Waals surface area contributed by atoms with Crippen molar-refractivity contribution in [2.45, 2.75) is 33.2 Å². The molecule has 1 aliphatic heterocycles. The number of fused-ring (bicyclic) bond motifs is 3. The summed E-state index contributed by atoms with van der Waals surface area (Å²) in [6.45, 7) is 4.56. The summed E-state index contributed by atoms with van der Waals surface area (Å²) in [4.78, 5) is 30.7. The minimum atomic E-state index is -0.678. The zero-order valence-electron chi connectivity index (χ0n) is 16.0. The largest absolute Gasteiger partial charge is 0.448 e. The summed E-state index contributed by atoms with van der Waals surface area (Å²) in [6.07, 6.45) is 0.971. The number of imidazole rings is 1. The number of amides is 2. The molecule has 7 heteroatoms. The van der Waals surface area contributed by atoms with Gasteiger partial charge >= 0.3 is 12.1 Å². The first-order chi connectivity index (χ1) is 13.6. The lowest BCUT2D eigenvalue weighted by Gasteiger charge is -2.37. The normalized spacial score (nSPS) is 13.7. The molecule has 0 bridgehead atoms. The van der Waals surface area contributed by atoms with Crippen LogP contribution in [-0.2, 0) is 11.3 Å². The van der Waals surface area contributed by atoms with Crippen LogP contribution in [0.25, 0.3) is 11.0 Å². The number of imide groups is 1. The van der Waals surface area contributed by atoms with Gasteiger partial charge in [-0.25, -0.2) is 19.1 Å². The summed E-state index contributed by atoms with van der Waals surface area (Å²) in [5.74, 6) is 0.587. The van der Waals surface area contributed by atoms with Crippen LogP contribution in [0.4, 0.5) is 15.3 Å². The Kier molecular flexibility index (Phi) is 4.73. The minimum Gasteiger partial charge on any atom is -0.448 e. The van der Waals surface area contributed by atoms with E-state index in [0.717, 1.165) is 34.6 Å². The van der Waals surface area contributed by atoms with Gasteiger partial charge in [0.15, 0.2) is 0 Å². The molecule has 0 aliphatic carbocycles. The van der Waals surface area contributed by atoms with Gasteiger partial charge in [-0.05, 0) is 37.6 Å². The van der Waals surface area contributed by atoms with E-state index in [9.17, 15) is 9.59 Å². The molecule has 7 nitrogen and oxygen atoms in total. The number of hydrogen-bond acceptors (Lipinski definition) is 5. The molecule has 0 atom stereocenters. The quantitative estimate of drug-likeness (QED) is 0.626. The summed E-state index contributed by atoms with van der Waals surface area (Å²) in [5.41, 5.74) is 3.22. The Morgan fingerprint density at radius 3 is 2.64 bits per heavy atom. The summed E-state index contributed by atoms with van der Waals surface area (Å²) < 4.78 is 6.85. The van der Waals surface area contributed by atoms with Gasteiger partial charge < -0.3 is 4.74 Å². The van der Waals surface area contributed by atoms with Gasteiger partial charge in [0.05, 0.1) is 29.9 Å². The fourth-order valence-electron chi connectivity index (χ4n) is 3.26. The molecule has 0 spiro atoms. The van der Waals surface area contributed by atoms with Gasteiger partial charge in [0.25, 0.3) is 0 Å². The molecular formula is C21H22N4O3. The van der Waals surface area contributed by atoms with Crippen molar-refractivity contribution in [3.8, 4) is 0 Å². The number of rotatable bonds is 4. The Morgan fingerprint density at radius 1 is 1.14 bits per heavy atom. The van der Waals surface area contributed by atoms with Crippen LogP contribution >= 0.6 is 0 Å². The summed E-state index contributed by atoms with van der Waals surface area (Å²) in [6, 6.07) is 14.6. The maximum absolute atomic E-state index is 13.3. The van der Waals surface area contributed by atoms with E-state index in [1.807, 2.05) is 62.4 Å². The van der Waals surface area contributed by atoms with Crippen LogP contribution in [-0.4, -0.2) is 33.3 Å². The average molecular weight is 378 g/mol. The fraction of sp³-hybridized carbons (Fsp3) is 0.286. The van der Waals surface area contributed by atoms with Crippen LogP contribution in [0.1, 0.15) is 31.2 Å². The molecule has 2 amide bonds. The number of benzene rings is 2. The van der Waals surface area contributed by atoms with Crippen molar-refractivity contribution in [2.75, 3.05) is 11.6 Å². The summed E-state index contributed by atoms with van der Waals surface area (Å²) in [5, 5.41) is 2.69. The van der Waals surface area contributed by atoms with Crippen molar-refractivity contribution >= 4 is 28.8 Å². The SMILES string of the molecule is CCCCOC(=O)N1C(=O)n2c(nc3ccccc32)CN1c1ccc(C)cc1. The molecule has 0 N–H and O–H groups in total. The molecule has 0 radical (unpaired) electrons. The van der Waals surface area contributed by atoms with Crippen molar-refractivity contribution in [1.29, 1.82) is 0 Å². The van der Waals surface area contributed by atoms with E-state index in [1.165, 1.54) is 4.57 Å². The number of hydrogen-bond donors (Lipinski definition) is 0.